The molecule has 1 fully saturated rings. The molecule has 2 aromatic rings. The van der Waals surface area contributed by atoms with Gasteiger partial charge >= 0.3 is 29.6 Å². The molecule has 4 rings (SSSR count). The number of nitrogens with zero attached hydrogens (tertiary/aromatic N) is 4. The Balaban J connectivity index is 0.00000289. The summed E-state index contributed by atoms with van der Waals surface area (Å²) in [7, 11) is -2.56. The first-order valence-electron chi connectivity index (χ1n) is 10.7. The van der Waals surface area contributed by atoms with Crippen LogP contribution >= 0.6 is 0 Å². The second-order valence-electron chi connectivity index (χ2n) is 8.00. The molecule has 1 aromatic heterocycles. The minimum atomic E-state index is -4.27. The molecule has 0 spiro atoms. The normalized spacial score (nSPS) is 16.2. The summed E-state index contributed by atoms with van der Waals surface area (Å²) in [4.78, 5) is 12.7. The maximum absolute atomic E-state index is 13.2. The summed E-state index contributed by atoms with van der Waals surface area (Å²) in [5, 5.41) is 6.82. The predicted molar refractivity (Wildman–Crippen MR) is 119 cm³/mol. The van der Waals surface area contributed by atoms with E-state index < -0.39 is 16.2 Å². The molecule has 11 heteroatoms. The topological polar surface area (TPSA) is 108 Å². The van der Waals surface area contributed by atoms with Crippen molar-refractivity contribution in [3.63, 3.8) is 0 Å². The van der Waals surface area contributed by atoms with E-state index in [9.17, 15) is 13.2 Å². The van der Waals surface area contributed by atoms with Crippen molar-refractivity contribution in [2.45, 2.75) is 51.5 Å². The van der Waals surface area contributed by atoms with Crippen LogP contribution in [0.2, 0.25) is 0 Å². The van der Waals surface area contributed by atoms with Gasteiger partial charge in [0, 0.05) is 32.5 Å². The molecule has 1 N–H and O–H groups in total. The first-order chi connectivity index (χ1) is 14.9. The number of carbonyl (C=O) groups excluding carboxylic acids is 1. The maximum Gasteiger partial charge on any atom is 1.00 e. The fourth-order valence-corrected chi connectivity index (χ4v) is 5.64. The molecule has 0 radical (unpaired) electrons. The molecule has 2 amide bonds. The number of carbonyl (C=O) groups is 1. The molecule has 1 aliphatic carbocycles. The van der Waals surface area contributed by atoms with E-state index in [0.717, 1.165) is 36.8 Å². The number of urea groups is 1. The molecule has 1 aromatic carbocycles. The van der Waals surface area contributed by atoms with E-state index in [4.69, 9.17) is 4.74 Å². The molecule has 0 atom stereocenters. The maximum atomic E-state index is 13.2. The summed E-state index contributed by atoms with van der Waals surface area (Å²) in [6, 6.07) is 2.86. The van der Waals surface area contributed by atoms with Crippen molar-refractivity contribution in [1.29, 1.82) is 0 Å². The third-order valence-corrected chi connectivity index (χ3v) is 7.24. The van der Waals surface area contributed by atoms with Gasteiger partial charge < -0.3 is 14.8 Å². The Bertz CT molecular complexity index is 1070. The SMILES string of the molecule is CCc1cc2c(c(NC(=O)[N-]S(=O)(=O)N(c3cnn(C)c3)C3CCOCC3)c1)CCC2.[Na+]. The fraction of sp³-hybridized carbons (Fsp3) is 0.524. The summed E-state index contributed by atoms with van der Waals surface area (Å²) < 4.78 is 38.2. The first-order valence-corrected chi connectivity index (χ1v) is 12.1. The Kier molecular flexibility index (Phi) is 8.26. The van der Waals surface area contributed by atoms with Crippen molar-refractivity contribution in [3.8, 4) is 0 Å². The number of hydrogen-bond acceptors (Lipinski definition) is 5. The zero-order valence-electron chi connectivity index (χ0n) is 18.9. The Labute approximate surface area is 211 Å². The fourth-order valence-electron chi connectivity index (χ4n) is 4.35. The van der Waals surface area contributed by atoms with Crippen molar-refractivity contribution in [3.05, 3.63) is 45.9 Å². The molecule has 1 aliphatic heterocycles. The van der Waals surface area contributed by atoms with Gasteiger partial charge in [-0.15, -0.1) is 0 Å². The van der Waals surface area contributed by atoms with Gasteiger partial charge in [0.05, 0.1) is 11.9 Å². The van der Waals surface area contributed by atoms with Crippen LogP contribution in [0, 0.1) is 0 Å². The van der Waals surface area contributed by atoms with Crippen LogP contribution in [0.5, 0.6) is 0 Å². The van der Waals surface area contributed by atoms with Crippen LogP contribution in [-0.2, 0) is 41.3 Å². The largest absolute Gasteiger partial charge is 1.00 e. The number of rotatable bonds is 6. The standard InChI is InChI=1S/C21H29N5O4S.Na/c1-3-15-11-16-5-4-6-19(16)20(12-15)23-21(27)24-31(28,29)26(17-7-9-30-10-8-17)18-13-22-25(2)14-18;/h11-14,17H,3-10H2,1-2H3,(H2,23,24,27);/q;+1/p-1. The minimum Gasteiger partial charge on any atom is -0.423 e. The summed E-state index contributed by atoms with van der Waals surface area (Å²) in [6.07, 6.45) is 7.83. The van der Waals surface area contributed by atoms with Crippen LogP contribution in [0.1, 0.15) is 42.9 Å². The number of benzene rings is 1. The van der Waals surface area contributed by atoms with E-state index in [1.54, 1.807) is 13.2 Å². The smallest absolute Gasteiger partial charge is 0.423 e. The van der Waals surface area contributed by atoms with E-state index in [2.05, 4.69) is 28.1 Å². The van der Waals surface area contributed by atoms with E-state index in [-0.39, 0.29) is 35.6 Å². The van der Waals surface area contributed by atoms with Crippen LogP contribution in [0.15, 0.2) is 24.5 Å². The van der Waals surface area contributed by atoms with E-state index in [1.165, 1.54) is 20.7 Å². The van der Waals surface area contributed by atoms with Crippen LogP contribution < -0.4 is 39.2 Å². The average Bonchev–Trinajstić information content (AvgIpc) is 3.37. The Hall–Kier alpha value is -1.59. The number of fused-ring (bicyclic) bond motifs is 1. The third-order valence-electron chi connectivity index (χ3n) is 5.84. The summed E-state index contributed by atoms with van der Waals surface area (Å²) in [5.41, 5.74) is 4.45. The zero-order chi connectivity index (χ0) is 22.0. The van der Waals surface area contributed by atoms with Crippen LogP contribution in [0.25, 0.3) is 4.72 Å². The van der Waals surface area contributed by atoms with Gasteiger partial charge in [-0.25, -0.2) is 8.42 Å². The summed E-state index contributed by atoms with van der Waals surface area (Å²) >= 11 is 0. The Morgan fingerprint density at radius 2 is 2.06 bits per heavy atom. The van der Waals surface area contributed by atoms with Gasteiger partial charge in [-0.3, -0.25) is 13.8 Å². The second kappa shape index (κ2) is 10.6. The van der Waals surface area contributed by atoms with Crippen molar-refractivity contribution in [2.24, 2.45) is 7.05 Å². The van der Waals surface area contributed by atoms with Crippen LogP contribution in [0.3, 0.4) is 0 Å². The number of aryl methyl sites for hydroxylation is 3. The number of aromatic nitrogens is 2. The molecule has 2 aliphatic rings. The van der Waals surface area contributed by atoms with Crippen molar-refractivity contribution >= 4 is 27.6 Å². The number of hydrogen-bond donors (Lipinski definition) is 1. The molecule has 32 heavy (non-hydrogen) atoms. The molecule has 0 bridgehead atoms. The van der Waals surface area contributed by atoms with Gasteiger partial charge in [-0.05, 0) is 60.9 Å². The minimum absolute atomic E-state index is 0. The van der Waals surface area contributed by atoms with Gasteiger partial charge in [0.2, 0.25) is 0 Å². The number of anilines is 2. The molecule has 9 nitrogen and oxygen atoms in total. The number of ether oxygens (including phenoxy) is 1. The molecular weight excluding hydrogens is 441 g/mol. The van der Waals surface area contributed by atoms with Crippen molar-refractivity contribution in [1.82, 2.24) is 9.78 Å². The molecule has 168 valence electrons. The summed E-state index contributed by atoms with van der Waals surface area (Å²) in [6.45, 7) is 2.97. The van der Waals surface area contributed by atoms with Crippen LogP contribution in [-0.4, -0.2) is 43.5 Å². The molecular formula is C21H28N5NaO4S. The molecule has 0 unspecified atom stereocenters. The van der Waals surface area contributed by atoms with Gasteiger partial charge in [0.25, 0.3) is 10.2 Å². The Morgan fingerprint density at radius 3 is 2.72 bits per heavy atom. The second-order valence-corrected chi connectivity index (χ2v) is 9.47. The average molecular weight is 470 g/mol. The van der Waals surface area contributed by atoms with Gasteiger partial charge in [-0.2, -0.15) is 5.10 Å². The van der Waals surface area contributed by atoms with E-state index in [0.29, 0.717) is 37.4 Å². The van der Waals surface area contributed by atoms with Crippen molar-refractivity contribution in [2.75, 3.05) is 22.8 Å². The number of amides is 2. The monoisotopic (exact) mass is 469 g/mol. The third kappa shape index (κ3) is 5.48. The quantitative estimate of drug-likeness (QED) is 0.613. The molecule has 0 saturated carbocycles. The number of nitrogens with one attached hydrogen (secondary N) is 1. The van der Waals surface area contributed by atoms with Gasteiger partial charge in [-0.1, -0.05) is 19.1 Å². The van der Waals surface area contributed by atoms with Gasteiger partial charge in [0.15, 0.2) is 6.03 Å². The van der Waals surface area contributed by atoms with Crippen molar-refractivity contribution < 1.29 is 47.5 Å². The van der Waals surface area contributed by atoms with Gasteiger partial charge in [0.1, 0.15) is 0 Å². The predicted octanol–water partition coefficient (Wildman–Crippen LogP) is 0.311. The van der Waals surface area contributed by atoms with E-state index >= 15 is 0 Å². The Morgan fingerprint density at radius 1 is 1.31 bits per heavy atom. The molecule has 1 saturated heterocycles. The first kappa shape index (κ1) is 25.0. The molecule has 2 heterocycles. The summed E-state index contributed by atoms with van der Waals surface area (Å²) in [5.74, 6) is 0. The zero-order valence-corrected chi connectivity index (χ0v) is 21.7. The van der Waals surface area contributed by atoms with Crippen LogP contribution in [0.4, 0.5) is 16.2 Å². The van der Waals surface area contributed by atoms with E-state index in [1.807, 2.05) is 6.07 Å².